The molecule has 16 heavy (non-hydrogen) atoms. The van der Waals surface area contributed by atoms with Crippen LogP contribution in [0.5, 0.6) is 5.75 Å². The van der Waals surface area contributed by atoms with Gasteiger partial charge in [0.1, 0.15) is 5.75 Å². The molecule has 0 spiro atoms. The zero-order valence-electron chi connectivity index (χ0n) is 10.0. The van der Waals surface area contributed by atoms with E-state index >= 15 is 0 Å². The van der Waals surface area contributed by atoms with E-state index in [0.29, 0.717) is 13.0 Å². The van der Waals surface area contributed by atoms with Gasteiger partial charge in [-0.3, -0.25) is 0 Å². The summed E-state index contributed by atoms with van der Waals surface area (Å²) in [6.45, 7) is 0.472. The Bertz CT molecular complexity index is 324. The third-order valence-electron chi connectivity index (χ3n) is 2.65. The van der Waals surface area contributed by atoms with E-state index in [1.165, 1.54) is 0 Å². The highest BCUT2D eigenvalue weighted by atomic mass is 16.7. The molecule has 0 amide bonds. The number of rotatable bonds is 6. The molecule has 1 aromatic rings. The molecule has 0 saturated heterocycles. The van der Waals surface area contributed by atoms with E-state index in [4.69, 9.17) is 19.9 Å². The first-order chi connectivity index (χ1) is 7.74. The molecule has 0 heterocycles. The Hall–Kier alpha value is -1.10. The number of hydrogen-bond donors (Lipinski definition) is 1. The van der Waals surface area contributed by atoms with Gasteiger partial charge in [-0.25, -0.2) is 0 Å². The first-order valence-corrected chi connectivity index (χ1v) is 5.18. The van der Waals surface area contributed by atoms with Gasteiger partial charge in [-0.2, -0.15) is 0 Å². The second-order valence-electron chi connectivity index (χ2n) is 3.40. The molecule has 0 unspecified atom stereocenters. The van der Waals surface area contributed by atoms with Crippen molar-refractivity contribution in [2.45, 2.75) is 12.2 Å². The van der Waals surface area contributed by atoms with E-state index in [0.717, 1.165) is 11.3 Å². The number of ether oxygens (including phenoxy) is 3. The molecule has 0 radical (unpaired) electrons. The predicted molar refractivity (Wildman–Crippen MR) is 62.4 cm³/mol. The zero-order valence-corrected chi connectivity index (χ0v) is 10.0. The van der Waals surface area contributed by atoms with E-state index in [1.54, 1.807) is 21.3 Å². The number of benzene rings is 1. The first-order valence-electron chi connectivity index (χ1n) is 5.18. The highest BCUT2D eigenvalue weighted by Crippen LogP contribution is 2.35. The fourth-order valence-corrected chi connectivity index (χ4v) is 1.79. The molecule has 0 atom stereocenters. The van der Waals surface area contributed by atoms with Crippen LogP contribution in [0.3, 0.4) is 0 Å². The van der Waals surface area contributed by atoms with Crippen LogP contribution in [0.1, 0.15) is 12.0 Å². The van der Waals surface area contributed by atoms with E-state index in [-0.39, 0.29) is 0 Å². The first kappa shape index (κ1) is 13.0. The molecular formula is C12H19NO3. The van der Waals surface area contributed by atoms with Gasteiger partial charge < -0.3 is 19.9 Å². The predicted octanol–water partition coefficient (Wildman–Crippen LogP) is 1.49. The minimum Gasteiger partial charge on any atom is -0.496 e. The van der Waals surface area contributed by atoms with Crippen molar-refractivity contribution in [2.24, 2.45) is 5.73 Å². The van der Waals surface area contributed by atoms with Gasteiger partial charge in [0.15, 0.2) is 5.79 Å². The number of para-hydroxylation sites is 1. The molecule has 0 aliphatic rings. The Morgan fingerprint density at radius 3 is 2.25 bits per heavy atom. The summed E-state index contributed by atoms with van der Waals surface area (Å²) in [5.74, 6) is -0.0962. The molecule has 0 fully saturated rings. The van der Waals surface area contributed by atoms with Crippen molar-refractivity contribution in [2.75, 3.05) is 27.9 Å². The molecule has 4 heteroatoms. The zero-order chi connectivity index (χ0) is 12.0. The van der Waals surface area contributed by atoms with Gasteiger partial charge in [0.2, 0.25) is 0 Å². The minimum atomic E-state index is -0.832. The summed E-state index contributed by atoms with van der Waals surface area (Å²) < 4.78 is 16.2. The second kappa shape index (κ2) is 5.84. The monoisotopic (exact) mass is 225 g/mol. The second-order valence-corrected chi connectivity index (χ2v) is 3.40. The average molecular weight is 225 g/mol. The lowest BCUT2D eigenvalue weighted by Crippen LogP contribution is -2.33. The fraction of sp³-hybridized carbons (Fsp3) is 0.500. The van der Waals surface area contributed by atoms with E-state index in [1.807, 2.05) is 24.3 Å². The maximum Gasteiger partial charge on any atom is 0.199 e. The molecule has 0 saturated carbocycles. The largest absolute Gasteiger partial charge is 0.496 e. The highest BCUT2D eigenvalue weighted by Gasteiger charge is 2.33. The average Bonchev–Trinajstić information content (AvgIpc) is 2.36. The summed E-state index contributed by atoms with van der Waals surface area (Å²) in [6.07, 6.45) is 0.570. The van der Waals surface area contributed by atoms with Gasteiger partial charge in [-0.05, 0) is 18.7 Å². The molecule has 2 N–H and O–H groups in total. The molecule has 90 valence electrons. The maximum absolute atomic E-state index is 5.59. The standard InChI is InChI=1S/C12H19NO3/c1-14-11-7-5-4-6-10(11)12(15-2,16-3)8-9-13/h4-7H,8-9,13H2,1-3H3. The lowest BCUT2D eigenvalue weighted by Gasteiger charge is -2.32. The van der Waals surface area contributed by atoms with Crippen LogP contribution in [0.25, 0.3) is 0 Å². The maximum atomic E-state index is 5.59. The molecule has 0 aliphatic heterocycles. The Morgan fingerprint density at radius 1 is 1.12 bits per heavy atom. The fourth-order valence-electron chi connectivity index (χ4n) is 1.79. The van der Waals surface area contributed by atoms with Crippen LogP contribution in [-0.4, -0.2) is 27.9 Å². The summed E-state index contributed by atoms with van der Waals surface area (Å²) in [4.78, 5) is 0. The summed E-state index contributed by atoms with van der Waals surface area (Å²) in [7, 11) is 4.83. The molecule has 1 aromatic carbocycles. The van der Waals surface area contributed by atoms with Gasteiger partial charge >= 0.3 is 0 Å². The van der Waals surface area contributed by atoms with Crippen LogP contribution in [-0.2, 0) is 15.3 Å². The van der Waals surface area contributed by atoms with Crippen molar-refractivity contribution < 1.29 is 14.2 Å². The molecule has 0 aromatic heterocycles. The van der Waals surface area contributed by atoms with E-state index < -0.39 is 5.79 Å². The van der Waals surface area contributed by atoms with Crippen molar-refractivity contribution in [1.82, 2.24) is 0 Å². The van der Waals surface area contributed by atoms with Crippen molar-refractivity contribution in [3.05, 3.63) is 29.8 Å². The summed E-state index contributed by atoms with van der Waals surface area (Å²) in [5.41, 5.74) is 6.45. The highest BCUT2D eigenvalue weighted by molar-refractivity contribution is 5.36. The summed E-state index contributed by atoms with van der Waals surface area (Å²) in [5, 5.41) is 0. The van der Waals surface area contributed by atoms with Gasteiger partial charge in [-0.1, -0.05) is 12.1 Å². The van der Waals surface area contributed by atoms with Crippen LogP contribution in [0.4, 0.5) is 0 Å². The quantitative estimate of drug-likeness (QED) is 0.745. The minimum absolute atomic E-state index is 0.472. The number of methoxy groups -OCH3 is 3. The van der Waals surface area contributed by atoms with Crippen LogP contribution in [0, 0.1) is 0 Å². The van der Waals surface area contributed by atoms with Crippen molar-refractivity contribution in [3.63, 3.8) is 0 Å². The Labute approximate surface area is 96.3 Å². The van der Waals surface area contributed by atoms with Crippen molar-refractivity contribution in [1.29, 1.82) is 0 Å². The summed E-state index contributed by atoms with van der Waals surface area (Å²) >= 11 is 0. The molecule has 1 rings (SSSR count). The topological polar surface area (TPSA) is 53.7 Å². The third kappa shape index (κ3) is 2.35. The lowest BCUT2D eigenvalue weighted by atomic mass is 10.0. The lowest BCUT2D eigenvalue weighted by molar-refractivity contribution is -0.219. The van der Waals surface area contributed by atoms with Crippen LogP contribution in [0.15, 0.2) is 24.3 Å². The van der Waals surface area contributed by atoms with Crippen molar-refractivity contribution >= 4 is 0 Å². The van der Waals surface area contributed by atoms with Crippen LogP contribution in [0.2, 0.25) is 0 Å². The number of hydrogen-bond acceptors (Lipinski definition) is 4. The van der Waals surface area contributed by atoms with Gasteiger partial charge in [0.05, 0.1) is 12.7 Å². The Balaban J connectivity index is 3.18. The van der Waals surface area contributed by atoms with Crippen molar-refractivity contribution in [3.8, 4) is 5.75 Å². The molecular weight excluding hydrogens is 206 g/mol. The van der Waals surface area contributed by atoms with Crippen LogP contribution < -0.4 is 10.5 Å². The summed E-state index contributed by atoms with van der Waals surface area (Å²) in [6, 6.07) is 7.61. The normalized spacial score (nSPS) is 11.5. The Morgan fingerprint density at radius 2 is 1.75 bits per heavy atom. The van der Waals surface area contributed by atoms with E-state index in [2.05, 4.69) is 0 Å². The third-order valence-corrected chi connectivity index (χ3v) is 2.65. The molecule has 0 bridgehead atoms. The van der Waals surface area contributed by atoms with Gasteiger partial charge in [-0.15, -0.1) is 0 Å². The SMILES string of the molecule is COc1ccccc1C(CCN)(OC)OC. The number of nitrogens with two attached hydrogens (primary N) is 1. The van der Waals surface area contributed by atoms with Gasteiger partial charge in [0, 0.05) is 20.6 Å². The molecule has 4 nitrogen and oxygen atoms in total. The van der Waals surface area contributed by atoms with E-state index in [9.17, 15) is 0 Å². The smallest absolute Gasteiger partial charge is 0.199 e. The van der Waals surface area contributed by atoms with Crippen LogP contribution >= 0.6 is 0 Å². The van der Waals surface area contributed by atoms with Gasteiger partial charge in [0.25, 0.3) is 0 Å². The Kier molecular flexibility index (Phi) is 4.73. The molecule has 0 aliphatic carbocycles.